The van der Waals surface area contributed by atoms with Crippen molar-refractivity contribution in [2.75, 3.05) is 20.6 Å². The molecule has 0 fully saturated rings. The Hall–Kier alpha value is -0.450. The van der Waals surface area contributed by atoms with Gasteiger partial charge in [0.15, 0.2) is 0 Å². The molecule has 1 aromatic rings. The van der Waals surface area contributed by atoms with E-state index in [1.807, 2.05) is 6.07 Å². The van der Waals surface area contributed by atoms with Crippen LogP contribution in [0.3, 0.4) is 0 Å². The molecular weight excluding hydrogens is 319 g/mol. The van der Waals surface area contributed by atoms with Crippen molar-refractivity contribution in [3.05, 3.63) is 34.1 Å². The molecule has 0 bridgehead atoms. The van der Waals surface area contributed by atoms with E-state index in [2.05, 4.69) is 61.0 Å². The summed E-state index contributed by atoms with van der Waals surface area (Å²) in [6.07, 6.45) is 1.88. The average Bonchev–Trinajstić information content (AvgIpc) is 2.38. The van der Waals surface area contributed by atoms with Gasteiger partial charge in [0.05, 0.1) is 4.47 Å². The minimum atomic E-state index is -0.195. The van der Waals surface area contributed by atoms with Gasteiger partial charge in [-0.1, -0.05) is 19.1 Å². The number of hydrogen-bond acceptors (Lipinski definition) is 2. The van der Waals surface area contributed by atoms with Gasteiger partial charge in [-0.15, -0.1) is 0 Å². The molecule has 2 nitrogen and oxygen atoms in total. The van der Waals surface area contributed by atoms with E-state index in [4.69, 9.17) is 0 Å². The third-order valence-electron chi connectivity index (χ3n) is 4.10. The third kappa shape index (κ3) is 4.27. The molecule has 0 radical (unpaired) electrons. The van der Waals surface area contributed by atoms with E-state index in [1.165, 1.54) is 6.07 Å². The lowest BCUT2D eigenvalue weighted by molar-refractivity contribution is 0.137. The summed E-state index contributed by atoms with van der Waals surface area (Å²) in [5, 5.41) is 3.60. The first kappa shape index (κ1) is 17.6. The summed E-state index contributed by atoms with van der Waals surface area (Å²) in [6.45, 7) is 7.56. The molecule has 0 aliphatic rings. The molecule has 1 unspecified atom stereocenters. The lowest BCUT2D eigenvalue weighted by atomic mass is 9.88. The first-order valence-electron chi connectivity index (χ1n) is 7.14. The zero-order valence-corrected chi connectivity index (χ0v) is 14.7. The van der Waals surface area contributed by atoms with Crippen LogP contribution in [-0.2, 0) is 6.42 Å². The van der Waals surface area contributed by atoms with E-state index in [0.717, 1.165) is 24.9 Å². The van der Waals surface area contributed by atoms with E-state index < -0.39 is 0 Å². The summed E-state index contributed by atoms with van der Waals surface area (Å²) in [6, 6.07) is 5.50. The molecule has 114 valence electrons. The first-order valence-corrected chi connectivity index (χ1v) is 7.93. The molecule has 1 aromatic carbocycles. The molecule has 0 saturated carbocycles. The van der Waals surface area contributed by atoms with Crippen molar-refractivity contribution in [2.24, 2.45) is 0 Å². The number of nitrogens with one attached hydrogen (secondary N) is 1. The number of rotatable bonds is 7. The third-order valence-corrected chi connectivity index (χ3v) is 4.99. The van der Waals surface area contributed by atoms with E-state index >= 15 is 0 Å². The first-order chi connectivity index (χ1) is 9.30. The summed E-state index contributed by atoms with van der Waals surface area (Å²) >= 11 is 3.36. The number of likely N-dealkylation sites (N-methyl/N-ethyl adjacent to an activating group) is 1. The van der Waals surface area contributed by atoms with Gasteiger partial charge >= 0.3 is 0 Å². The SMILES string of the molecule is CCCNC(Cc1cccc(F)c1Br)C(C)(C)N(C)C. The largest absolute Gasteiger partial charge is 0.312 e. The van der Waals surface area contributed by atoms with Gasteiger partial charge < -0.3 is 10.2 Å². The Labute approximate surface area is 130 Å². The van der Waals surface area contributed by atoms with Crippen molar-refractivity contribution < 1.29 is 4.39 Å². The summed E-state index contributed by atoms with van der Waals surface area (Å²) in [4.78, 5) is 2.22. The van der Waals surface area contributed by atoms with Gasteiger partial charge in [0.2, 0.25) is 0 Å². The molecule has 0 aromatic heterocycles. The molecule has 0 spiro atoms. The lowest BCUT2D eigenvalue weighted by Crippen LogP contribution is -2.56. The van der Waals surface area contributed by atoms with Crippen LogP contribution in [0.2, 0.25) is 0 Å². The molecule has 0 saturated heterocycles. The Bertz CT molecular complexity index is 432. The molecule has 1 atom stereocenters. The standard InChI is InChI=1S/C16H26BrFN2/c1-6-10-19-14(16(2,3)20(4)5)11-12-8-7-9-13(18)15(12)17/h7-9,14,19H,6,10-11H2,1-5H3. The van der Waals surface area contributed by atoms with Gasteiger partial charge in [-0.3, -0.25) is 0 Å². The fourth-order valence-corrected chi connectivity index (χ4v) is 2.55. The van der Waals surface area contributed by atoms with Crippen molar-refractivity contribution in [3.8, 4) is 0 Å². The quantitative estimate of drug-likeness (QED) is 0.808. The van der Waals surface area contributed by atoms with Gasteiger partial charge in [-0.05, 0) is 74.9 Å². The minimum absolute atomic E-state index is 0.0130. The number of nitrogens with zero attached hydrogens (tertiary/aromatic N) is 1. The smallest absolute Gasteiger partial charge is 0.137 e. The summed E-state index contributed by atoms with van der Waals surface area (Å²) in [5.41, 5.74) is 0.995. The van der Waals surface area contributed by atoms with E-state index in [1.54, 1.807) is 6.07 Å². The van der Waals surface area contributed by atoms with Crippen LogP contribution in [-0.4, -0.2) is 37.1 Å². The van der Waals surface area contributed by atoms with Gasteiger partial charge in [-0.2, -0.15) is 0 Å². The van der Waals surface area contributed by atoms with E-state index in [-0.39, 0.29) is 17.4 Å². The molecule has 4 heteroatoms. The topological polar surface area (TPSA) is 15.3 Å². The number of halogens is 2. The Kier molecular flexibility index (Phi) is 6.62. The summed E-state index contributed by atoms with van der Waals surface area (Å²) in [5.74, 6) is -0.195. The van der Waals surface area contributed by atoms with E-state index in [0.29, 0.717) is 4.47 Å². The van der Waals surface area contributed by atoms with Crippen molar-refractivity contribution in [1.29, 1.82) is 0 Å². The average molecular weight is 345 g/mol. The molecule has 0 aliphatic carbocycles. The zero-order valence-electron chi connectivity index (χ0n) is 13.1. The highest BCUT2D eigenvalue weighted by atomic mass is 79.9. The van der Waals surface area contributed by atoms with Crippen LogP contribution in [0.4, 0.5) is 4.39 Å². The highest BCUT2D eigenvalue weighted by Gasteiger charge is 2.31. The van der Waals surface area contributed by atoms with Crippen LogP contribution >= 0.6 is 15.9 Å². The van der Waals surface area contributed by atoms with Crippen LogP contribution in [0.15, 0.2) is 22.7 Å². The van der Waals surface area contributed by atoms with Crippen LogP contribution in [0.5, 0.6) is 0 Å². The van der Waals surface area contributed by atoms with E-state index in [9.17, 15) is 4.39 Å². The normalized spacial score (nSPS) is 13.8. The second-order valence-corrected chi connectivity index (χ2v) is 6.76. The second-order valence-electron chi connectivity index (χ2n) is 5.97. The zero-order chi connectivity index (χ0) is 15.3. The maximum atomic E-state index is 13.7. The fraction of sp³-hybridized carbons (Fsp3) is 0.625. The second kappa shape index (κ2) is 7.53. The van der Waals surface area contributed by atoms with Crippen LogP contribution in [0.1, 0.15) is 32.8 Å². The maximum absolute atomic E-state index is 13.7. The van der Waals surface area contributed by atoms with Crippen molar-refractivity contribution in [2.45, 2.75) is 45.2 Å². The molecule has 1 N–H and O–H groups in total. The minimum Gasteiger partial charge on any atom is -0.312 e. The highest BCUT2D eigenvalue weighted by molar-refractivity contribution is 9.10. The highest BCUT2D eigenvalue weighted by Crippen LogP contribution is 2.25. The molecule has 20 heavy (non-hydrogen) atoms. The van der Waals surface area contributed by atoms with Crippen molar-refractivity contribution >= 4 is 15.9 Å². The Morgan fingerprint density at radius 1 is 1.35 bits per heavy atom. The fourth-order valence-electron chi connectivity index (χ4n) is 2.13. The molecular formula is C16H26BrFN2. The summed E-state index contributed by atoms with van der Waals surface area (Å²) in [7, 11) is 4.17. The monoisotopic (exact) mass is 344 g/mol. The van der Waals surface area contributed by atoms with Crippen molar-refractivity contribution in [3.63, 3.8) is 0 Å². The molecule has 0 aliphatic heterocycles. The van der Waals surface area contributed by atoms with Gasteiger partial charge in [0.25, 0.3) is 0 Å². The van der Waals surface area contributed by atoms with Gasteiger partial charge in [0.1, 0.15) is 5.82 Å². The van der Waals surface area contributed by atoms with Gasteiger partial charge in [-0.25, -0.2) is 4.39 Å². The Morgan fingerprint density at radius 3 is 2.55 bits per heavy atom. The number of benzene rings is 1. The van der Waals surface area contributed by atoms with Crippen LogP contribution in [0.25, 0.3) is 0 Å². The predicted molar refractivity (Wildman–Crippen MR) is 87.7 cm³/mol. The Morgan fingerprint density at radius 2 is 2.00 bits per heavy atom. The maximum Gasteiger partial charge on any atom is 0.137 e. The Balaban J connectivity index is 2.98. The molecule has 0 heterocycles. The predicted octanol–water partition coefficient (Wildman–Crippen LogP) is 3.84. The summed E-state index contributed by atoms with van der Waals surface area (Å²) < 4.78 is 14.2. The molecule has 1 rings (SSSR count). The van der Waals surface area contributed by atoms with Crippen molar-refractivity contribution in [1.82, 2.24) is 10.2 Å². The van der Waals surface area contributed by atoms with Crippen LogP contribution < -0.4 is 5.32 Å². The van der Waals surface area contributed by atoms with Gasteiger partial charge in [0, 0.05) is 11.6 Å². The number of hydrogen-bond donors (Lipinski definition) is 1. The van der Waals surface area contributed by atoms with Crippen LogP contribution in [0, 0.1) is 5.82 Å². The lowest BCUT2D eigenvalue weighted by Gasteiger charge is -2.41. The molecule has 0 amide bonds.